The highest BCUT2D eigenvalue weighted by atomic mass is 16.6. The molecule has 5 heterocycles. The van der Waals surface area contributed by atoms with Gasteiger partial charge in [0.2, 0.25) is 17.7 Å². The summed E-state index contributed by atoms with van der Waals surface area (Å²) in [6, 6.07) is 26.8. The Hall–Kier alpha value is -7.96. The van der Waals surface area contributed by atoms with Crippen molar-refractivity contribution in [1.29, 1.82) is 0 Å². The van der Waals surface area contributed by atoms with Gasteiger partial charge in [-0.05, 0) is 109 Å². The highest BCUT2D eigenvalue weighted by molar-refractivity contribution is 6.26. The van der Waals surface area contributed by atoms with Gasteiger partial charge in [-0.2, -0.15) is 0 Å². The van der Waals surface area contributed by atoms with Crippen molar-refractivity contribution in [2.24, 2.45) is 5.92 Å². The number of imide groups is 2. The van der Waals surface area contributed by atoms with E-state index in [1.54, 1.807) is 6.07 Å². The van der Waals surface area contributed by atoms with Gasteiger partial charge in [0.05, 0.1) is 94.1 Å². The van der Waals surface area contributed by atoms with E-state index in [2.05, 4.69) is 83.3 Å². The van der Waals surface area contributed by atoms with Gasteiger partial charge in [-0.3, -0.25) is 44.2 Å². The maximum Gasteiger partial charge on any atom is 0.264 e. The molecule has 0 bridgehead atoms. The number of amides is 5. The van der Waals surface area contributed by atoms with Gasteiger partial charge >= 0.3 is 0 Å². The van der Waals surface area contributed by atoms with Crippen LogP contribution in [0.15, 0.2) is 104 Å². The standard InChI is InChI=1S/C61H63N7O10/c1-3-21-78-52-10-5-4-7-47(52)44-32-40(13-11-39-12-15-46-42(31-39)33-43-34-49(43)46)58(65-36-44)45-30-38(2)57(64-37-45)41-14-17-53(63-35-41)62-20-23-75-25-27-77-29-28-76-26-24-74-22-19-55(70)66-50-9-6-8-48-56(50)61(73)68(60(48)72)51-16-18-54(69)67-59(51)71/h4-15,17,30-32,35-37,43,49,51H,3,16,18-29,33-34H2,1-2H3,(H,62,63)(H,66,70)(H,67,69,71)/b13-11+/t43?,49-,51?/m0/s1. The Bertz CT molecular complexity index is 3230. The number of rotatable bonds is 26. The molecule has 3 N–H and O–H groups in total. The van der Waals surface area contributed by atoms with Crippen LogP contribution >= 0.6 is 0 Å². The highest BCUT2D eigenvalue weighted by Crippen LogP contribution is 2.56. The number of fused-ring (bicyclic) bond motifs is 4. The van der Waals surface area contributed by atoms with E-state index < -0.39 is 35.6 Å². The quantitative estimate of drug-likeness (QED) is 0.0343. The summed E-state index contributed by atoms with van der Waals surface area (Å²) >= 11 is 0. The molecule has 17 nitrogen and oxygen atoms in total. The predicted octanol–water partition coefficient (Wildman–Crippen LogP) is 8.71. The van der Waals surface area contributed by atoms with Crippen LogP contribution in [-0.4, -0.2) is 121 Å². The lowest BCUT2D eigenvalue weighted by molar-refractivity contribution is -0.136. The van der Waals surface area contributed by atoms with Crippen LogP contribution in [0.2, 0.25) is 0 Å². The summed E-state index contributed by atoms with van der Waals surface area (Å²) in [5.74, 6) is 0.264. The zero-order valence-corrected chi connectivity index (χ0v) is 43.9. The van der Waals surface area contributed by atoms with Crippen molar-refractivity contribution in [3.05, 3.63) is 142 Å². The van der Waals surface area contributed by atoms with Crippen molar-refractivity contribution in [1.82, 2.24) is 25.2 Å². The number of hydrogen-bond donors (Lipinski definition) is 3. The number of ether oxygens (including phenoxy) is 5. The first-order valence-electron chi connectivity index (χ1n) is 26.8. The third-order valence-electron chi connectivity index (χ3n) is 14.3. The summed E-state index contributed by atoms with van der Waals surface area (Å²) in [6.07, 6.45) is 13.5. The molecule has 2 aliphatic carbocycles. The van der Waals surface area contributed by atoms with E-state index in [1.165, 1.54) is 41.7 Å². The van der Waals surface area contributed by atoms with Crippen LogP contribution in [0.25, 0.3) is 45.8 Å². The summed E-state index contributed by atoms with van der Waals surface area (Å²) in [6.45, 7) is 8.09. The number of nitrogens with one attached hydrogen (secondary N) is 3. The minimum atomic E-state index is -1.10. The second-order valence-corrected chi connectivity index (χ2v) is 19.8. The number of aryl methyl sites for hydroxylation is 1. The molecule has 2 aliphatic heterocycles. The number of aromatic nitrogens is 3. The second-order valence-electron chi connectivity index (χ2n) is 19.8. The summed E-state index contributed by atoms with van der Waals surface area (Å²) in [5.41, 5.74) is 12.0. The fourth-order valence-corrected chi connectivity index (χ4v) is 10.3. The SMILES string of the molecule is CCCOc1ccccc1-c1cnc(-c2cnc(-c3ccc(NCCOCCOCCOCCOCCC(=O)Nc4cccc5c4C(=O)N(C4CCC(=O)NC4=O)C5=O)nc3)c(C)c2)c(/C=C/c2ccc3c(c2)CC2C[C@H]32)c1. The predicted molar refractivity (Wildman–Crippen MR) is 295 cm³/mol. The molecular weight excluding hydrogens is 991 g/mol. The Labute approximate surface area is 453 Å². The summed E-state index contributed by atoms with van der Waals surface area (Å²) in [7, 11) is 0. The van der Waals surface area contributed by atoms with E-state index in [0.29, 0.717) is 52.8 Å². The minimum Gasteiger partial charge on any atom is -0.493 e. The van der Waals surface area contributed by atoms with Crippen molar-refractivity contribution in [3.8, 4) is 39.4 Å². The zero-order valence-electron chi connectivity index (χ0n) is 43.9. The van der Waals surface area contributed by atoms with E-state index in [4.69, 9.17) is 33.7 Å². The molecule has 1 saturated heterocycles. The van der Waals surface area contributed by atoms with Crippen LogP contribution < -0.4 is 20.7 Å². The third kappa shape index (κ3) is 12.6. The molecule has 0 radical (unpaired) electrons. The Morgan fingerprint density at radius 2 is 1.47 bits per heavy atom. The van der Waals surface area contributed by atoms with Gasteiger partial charge in [0.25, 0.3) is 11.8 Å². The first-order chi connectivity index (χ1) is 38.1. The topological polar surface area (TPSA) is 210 Å². The number of pyridine rings is 3. The normalized spacial score (nSPS) is 17.3. The van der Waals surface area contributed by atoms with Crippen molar-refractivity contribution >= 4 is 53.2 Å². The molecule has 2 fully saturated rings. The minimum absolute atomic E-state index is 0.00307. The molecule has 3 aromatic heterocycles. The fourth-order valence-electron chi connectivity index (χ4n) is 10.3. The molecule has 1 saturated carbocycles. The molecule has 17 heteroatoms. The number of nitrogens with zero attached hydrogens (tertiary/aromatic N) is 4. The van der Waals surface area contributed by atoms with Gasteiger partial charge in [-0.15, -0.1) is 0 Å². The molecule has 78 heavy (non-hydrogen) atoms. The van der Waals surface area contributed by atoms with Crippen LogP contribution in [0.5, 0.6) is 5.75 Å². The van der Waals surface area contributed by atoms with E-state index in [-0.39, 0.29) is 49.3 Å². The van der Waals surface area contributed by atoms with Crippen molar-refractivity contribution < 1.29 is 47.7 Å². The molecule has 5 amide bonds. The van der Waals surface area contributed by atoms with Crippen LogP contribution in [0.4, 0.5) is 11.5 Å². The summed E-state index contributed by atoms with van der Waals surface area (Å²) < 4.78 is 28.6. The number of carbonyl (C=O) groups excluding carboxylic acids is 5. The van der Waals surface area contributed by atoms with Gasteiger partial charge in [-0.25, -0.2) is 4.98 Å². The number of anilines is 2. The Morgan fingerprint density at radius 1 is 0.731 bits per heavy atom. The van der Waals surface area contributed by atoms with Crippen LogP contribution in [0.3, 0.4) is 0 Å². The Balaban J connectivity index is 0.616. The highest BCUT2D eigenvalue weighted by Gasteiger charge is 2.46. The van der Waals surface area contributed by atoms with Gasteiger partial charge in [0.15, 0.2) is 0 Å². The molecule has 10 rings (SSSR count). The molecular formula is C61H63N7O10. The van der Waals surface area contributed by atoms with E-state index >= 15 is 0 Å². The summed E-state index contributed by atoms with van der Waals surface area (Å²) in [5, 5.41) is 8.16. The number of hydrogen-bond acceptors (Lipinski definition) is 14. The maximum atomic E-state index is 13.3. The van der Waals surface area contributed by atoms with Gasteiger partial charge in [0, 0.05) is 59.4 Å². The average Bonchev–Trinajstić information content (AvgIpc) is 4.15. The van der Waals surface area contributed by atoms with Crippen molar-refractivity contribution in [2.75, 3.05) is 76.6 Å². The summed E-state index contributed by atoms with van der Waals surface area (Å²) in [4.78, 5) is 78.6. The maximum absolute atomic E-state index is 13.3. The van der Waals surface area contributed by atoms with E-state index in [1.807, 2.05) is 48.9 Å². The van der Waals surface area contributed by atoms with Gasteiger partial charge in [-0.1, -0.05) is 61.5 Å². The second kappa shape index (κ2) is 25.0. The van der Waals surface area contributed by atoms with Crippen LogP contribution in [0.1, 0.15) is 93.5 Å². The molecule has 4 aliphatic rings. The molecule has 3 atom stereocenters. The lowest BCUT2D eigenvalue weighted by Crippen LogP contribution is -2.54. The molecule has 402 valence electrons. The van der Waals surface area contributed by atoms with Gasteiger partial charge in [0.1, 0.15) is 17.6 Å². The number of para-hydroxylation sites is 1. The molecule has 2 unspecified atom stereocenters. The van der Waals surface area contributed by atoms with Crippen molar-refractivity contribution in [3.63, 3.8) is 0 Å². The first kappa shape index (κ1) is 53.4. The monoisotopic (exact) mass is 1050 g/mol. The lowest BCUT2D eigenvalue weighted by atomic mass is 9.98. The van der Waals surface area contributed by atoms with Crippen LogP contribution in [0, 0.1) is 12.8 Å². The molecule has 6 aromatic rings. The number of benzene rings is 3. The lowest BCUT2D eigenvalue weighted by Gasteiger charge is -2.27. The van der Waals surface area contributed by atoms with E-state index in [0.717, 1.165) is 79.5 Å². The third-order valence-corrected chi connectivity index (χ3v) is 14.3. The number of carbonyl (C=O) groups is 5. The Morgan fingerprint density at radius 3 is 2.24 bits per heavy atom. The largest absolute Gasteiger partial charge is 0.493 e. The zero-order chi connectivity index (χ0) is 54.0. The average molecular weight is 1050 g/mol. The molecule has 0 spiro atoms. The van der Waals surface area contributed by atoms with Crippen LogP contribution in [-0.2, 0) is 39.8 Å². The first-order valence-corrected chi connectivity index (χ1v) is 26.8. The number of piperidine rings is 1. The fraction of sp³-hybridized carbons (Fsp3) is 0.344. The van der Waals surface area contributed by atoms with Crippen molar-refractivity contribution in [2.45, 2.75) is 64.3 Å². The smallest absolute Gasteiger partial charge is 0.264 e. The van der Waals surface area contributed by atoms with E-state index in [9.17, 15) is 24.0 Å². The van der Waals surface area contributed by atoms with Gasteiger partial charge < -0.3 is 34.3 Å². The molecule has 3 aromatic carbocycles. The Kier molecular flexibility index (Phi) is 17.1.